The first-order valence-electron chi connectivity index (χ1n) is 6.71. The number of benzene rings is 1. The van der Waals surface area contributed by atoms with Gasteiger partial charge in [0.25, 0.3) is 0 Å². The lowest BCUT2D eigenvalue weighted by atomic mass is 9.89. The molecule has 1 aromatic carbocycles. The van der Waals surface area contributed by atoms with Crippen LogP contribution in [0.3, 0.4) is 0 Å². The lowest BCUT2D eigenvalue weighted by Crippen LogP contribution is -2.51. The van der Waals surface area contributed by atoms with Crippen LogP contribution in [0.15, 0.2) is 30.5 Å². The van der Waals surface area contributed by atoms with E-state index >= 15 is 0 Å². The van der Waals surface area contributed by atoms with Gasteiger partial charge in [-0.25, -0.2) is 4.79 Å². The maximum atomic E-state index is 12.3. The molecule has 2 N–H and O–H groups in total. The van der Waals surface area contributed by atoms with Crippen LogP contribution < -0.4 is 10.6 Å². The monoisotopic (exact) mass is 342 g/mol. The predicted molar refractivity (Wildman–Crippen MR) is 84.7 cm³/mol. The minimum absolute atomic E-state index is 0.269. The third-order valence-corrected chi connectivity index (χ3v) is 3.74. The molecule has 0 bridgehead atoms. The van der Waals surface area contributed by atoms with E-state index in [1.54, 1.807) is 32.0 Å². The Balaban J connectivity index is 2.40. The van der Waals surface area contributed by atoms with E-state index in [0.29, 0.717) is 15.6 Å². The van der Waals surface area contributed by atoms with E-state index in [4.69, 9.17) is 27.9 Å². The van der Waals surface area contributed by atoms with E-state index in [2.05, 4.69) is 17.2 Å². The van der Waals surface area contributed by atoms with Gasteiger partial charge in [0.1, 0.15) is 5.92 Å². The Hall–Kier alpha value is -1.72. The summed E-state index contributed by atoms with van der Waals surface area (Å²) < 4.78 is 5.25. The average molecular weight is 343 g/mol. The topological polar surface area (TPSA) is 67.4 Å². The van der Waals surface area contributed by atoms with Crippen molar-refractivity contribution < 1.29 is 14.3 Å². The highest BCUT2D eigenvalue weighted by Gasteiger charge is 2.40. The second kappa shape index (κ2) is 6.58. The number of urea groups is 1. The zero-order valence-electron chi connectivity index (χ0n) is 12.2. The van der Waals surface area contributed by atoms with Crippen LogP contribution in [-0.4, -0.2) is 18.1 Å². The predicted octanol–water partition coefficient (Wildman–Crippen LogP) is 3.43. The standard InChI is InChI=1S/C15H16Cl2N2O3/c1-7(2)22-14(20)12-8(3)18-15(21)19-13(12)10-5-4-9(16)6-11(10)17/h4-7,12-13H,3H2,1-2H3,(H2,18,19,21). The van der Waals surface area contributed by atoms with E-state index in [9.17, 15) is 9.59 Å². The quantitative estimate of drug-likeness (QED) is 0.827. The molecule has 7 heteroatoms. The van der Waals surface area contributed by atoms with Crippen molar-refractivity contribution in [1.29, 1.82) is 0 Å². The van der Waals surface area contributed by atoms with Crippen molar-refractivity contribution in [3.63, 3.8) is 0 Å². The molecule has 2 rings (SSSR count). The van der Waals surface area contributed by atoms with Crippen LogP contribution in [0, 0.1) is 5.92 Å². The molecular weight excluding hydrogens is 327 g/mol. The van der Waals surface area contributed by atoms with Gasteiger partial charge in [-0.3, -0.25) is 4.79 Å². The molecule has 1 saturated heterocycles. The van der Waals surface area contributed by atoms with Crippen LogP contribution in [-0.2, 0) is 9.53 Å². The zero-order valence-corrected chi connectivity index (χ0v) is 13.7. The molecule has 1 fully saturated rings. The number of halogens is 2. The van der Waals surface area contributed by atoms with Gasteiger partial charge in [-0.1, -0.05) is 35.8 Å². The van der Waals surface area contributed by atoms with Gasteiger partial charge in [0.05, 0.1) is 12.1 Å². The average Bonchev–Trinajstić information content (AvgIpc) is 2.36. The van der Waals surface area contributed by atoms with E-state index < -0.39 is 24.0 Å². The summed E-state index contributed by atoms with van der Waals surface area (Å²) in [5.41, 5.74) is 0.846. The normalized spacial score (nSPS) is 21.3. The number of nitrogens with one attached hydrogen (secondary N) is 2. The minimum atomic E-state index is -0.779. The van der Waals surface area contributed by atoms with Crippen molar-refractivity contribution in [3.8, 4) is 0 Å². The van der Waals surface area contributed by atoms with Crippen molar-refractivity contribution in [2.24, 2.45) is 5.92 Å². The highest BCUT2D eigenvalue weighted by molar-refractivity contribution is 6.35. The summed E-state index contributed by atoms with van der Waals surface area (Å²) in [6, 6.07) is 3.75. The lowest BCUT2D eigenvalue weighted by Gasteiger charge is -2.34. The third-order valence-electron chi connectivity index (χ3n) is 3.17. The number of ether oxygens (including phenoxy) is 1. The number of rotatable bonds is 3. The van der Waals surface area contributed by atoms with E-state index in [-0.39, 0.29) is 11.8 Å². The van der Waals surface area contributed by atoms with Crippen molar-refractivity contribution in [1.82, 2.24) is 10.6 Å². The third kappa shape index (κ3) is 3.54. The van der Waals surface area contributed by atoms with Crippen LogP contribution in [0.2, 0.25) is 10.0 Å². The molecule has 0 aliphatic carbocycles. The molecular formula is C15H16Cl2N2O3. The first kappa shape index (κ1) is 16.6. The maximum Gasteiger partial charge on any atom is 0.319 e. The SMILES string of the molecule is C=C1NC(=O)NC(c2ccc(Cl)cc2Cl)C1C(=O)OC(C)C. The molecule has 1 heterocycles. The summed E-state index contributed by atoms with van der Waals surface area (Å²) in [5, 5.41) is 6.01. The first-order valence-corrected chi connectivity index (χ1v) is 7.47. The lowest BCUT2D eigenvalue weighted by molar-refractivity contribution is -0.152. The zero-order chi connectivity index (χ0) is 16.4. The van der Waals surface area contributed by atoms with Gasteiger partial charge in [-0.2, -0.15) is 0 Å². The molecule has 1 aromatic rings. The first-order chi connectivity index (χ1) is 10.3. The van der Waals surface area contributed by atoms with Crippen LogP contribution in [0.1, 0.15) is 25.5 Å². The van der Waals surface area contributed by atoms with Gasteiger partial charge in [0.2, 0.25) is 0 Å². The number of hydrogen-bond donors (Lipinski definition) is 2. The number of carbonyl (C=O) groups is 2. The molecule has 2 atom stereocenters. The molecule has 0 radical (unpaired) electrons. The van der Waals surface area contributed by atoms with Gasteiger partial charge >= 0.3 is 12.0 Å². The fraction of sp³-hybridized carbons (Fsp3) is 0.333. The second-order valence-corrected chi connectivity index (χ2v) is 6.07. The molecule has 0 aromatic heterocycles. The van der Waals surface area contributed by atoms with Gasteiger partial charge in [0.15, 0.2) is 0 Å². The summed E-state index contributed by atoms with van der Waals surface area (Å²) in [5.74, 6) is -1.26. The molecule has 2 amide bonds. The van der Waals surface area contributed by atoms with Crippen molar-refractivity contribution >= 4 is 35.2 Å². The van der Waals surface area contributed by atoms with Gasteiger partial charge in [0, 0.05) is 15.7 Å². The molecule has 1 aliphatic rings. The Morgan fingerprint density at radius 2 is 2.05 bits per heavy atom. The van der Waals surface area contributed by atoms with E-state index in [1.807, 2.05) is 0 Å². The molecule has 5 nitrogen and oxygen atoms in total. The highest BCUT2D eigenvalue weighted by atomic mass is 35.5. The van der Waals surface area contributed by atoms with Crippen molar-refractivity contribution in [2.45, 2.75) is 26.0 Å². The van der Waals surface area contributed by atoms with Crippen LogP contribution in [0.25, 0.3) is 0 Å². The molecule has 0 spiro atoms. The van der Waals surface area contributed by atoms with Crippen molar-refractivity contribution in [3.05, 3.63) is 46.1 Å². The molecule has 22 heavy (non-hydrogen) atoms. The molecule has 2 unspecified atom stereocenters. The molecule has 1 aliphatic heterocycles. The van der Waals surface area contributed by atoms with E-state index in [0.717, 1.165) is 0 Å². The van der Waals surface area contributed by atoms with Crippen molar-refractivity contribution in [2.75, 3.05) is 0 Å². The Morgan fingerprint density at radius 1 is 1.36 bits per heavy atom. The second-order valence-electron chi connectivity index (χ2n) is 5.23. The largest absolute Gasteiger partial charge is 0.462 e. The summed E-state index contributed by atoms with van der Waals surface area (Å²) >= 11 is 12.1. The fourth-order valence-corrected chi connectivity index (χ4v) is 2.81. The summed E-state index contributed by atoms with van der Waals surface area (Å²) in [4.78, 5) is 24.1. The van der Waals surface area contributed by atoms with Crippen LogP contribution in [0.4, 0.5) is 4.79 Å². The van der Waals surface area contributed by atoms with Gasteiger partial charge < -0.3 is 15.4 Å². The Morgan fingerprint density at radius 3 is 2.64 bits per heavy atom. The van der Waals surface area contributed by atoms with Crippen LogP contribution in [0.5, 0.6) is 0 Å². The van der Waals surface area contributed by atoms with Crippen LogP contribution >= 0.6 is 23.2 Å². The Kier molecular flexibility index (Phi) is 4.98. The Bertz CT molecular complexity index is 631. The minimum Gasteiger partial charge on any atom is -0.462 e. The number of amides is 2. The number of hydrogen-bond acceptors (Lipinski definition) is 3. The maximum absolute atomic E-state index is 12.3. The Labute approximate surface area is 138 Å². The number of carbonyl (C=O) groups excluding carboxylic acids is 2. The smallest absolute Gasteiger partial charge is 0.319 e. The molecule has 0 saturated carbocycles. The van der Waals surface area contributed by atoms with Gasteiger partial charge in [-0.05, 0) is 31.5 Å². The van der Waals surface area contributed by atoms with Gasteiger partial charge in [-0.15, -0.1) is 0 Å². The van der Waals surface area contributed by atoms with E-state index in [1.165, 1.54) is 0 Å². The molecule has 118 valence electrons. The highest BCUT2D eigenvalue weighted by Crippen LogP contribution is 2.35. The summed E-state index contributed by atoms with van der Waals surface area (Å²) in [6.07, 6.45) is -0.278. The fourth-order valence-electron chi connectivity index (χ4n) is 2.28. The summed E-state index contributed by atoms with van der Waals surface area (Å²) in [6.45, 7) is 7.25. The number of esters is 1. The summed E-state index contributed by atoms with van der Waals surface area (Å²) in [7, 11) is 0.